The molecule has 2 aromatic carbocycles. The maximum atomic E-state index is 13.5. The molecule has 4 atom stereocenters. The summed E-state index contributed by atoms with van der Waals surface area (Å²) in [4.78, 5) is 39.6. The predicted molar refractivity (Wildman–Crippen MR) is 142 cm³/mol. The summed E-state index contributed by atoms with van der Waals surface area (Å²) in [5.41, 5.74) is 7.12. The molecule has 0 saturated carbocycles. The lowest BCUT2D eigenvalue weighted by atomic mass is 9.93. The number of methoxy groups -OCH3 is 1. The number of nitrogens with two attached hydrogens (primary N) is 1. The number of carbonyl (C=O) groups excluding carboxylic acids is 3. The van der Waals surface area contributed by atoms with E-state index in [0.717, 1.165) is 17.5 Å². The van der Waals surface area contributed by atoms with Gasteiger partial charge >= 0.3 is 0 Å². The van der Waals surface area contributed by atoms with E-state index in [0.29, 0.717) is 31.1 Å². The molecule has 0 radical (unpaired) electrons. The molecule has 8 nitrogen and oxygen atoms in total. The molecular formula is C29H39N3O5. The van der Waals surface area contributed by atoms with Gasteiger partial charge in [-0.1, -0.05) is 56.3 Å². The Balaban J connectivity index is 1.72. The van der Waals surface area contributed by atoms with Crippen molar-refractivity contribution in [3.8, 4) is 5.75 Å². The number of ketones is 1. The standard InChI is InChI=1S/C29H39N3O5/c1-19(2)10-15-24(26(33)29(3)18-37-29)31-28(35)25(17-20-8-6-5-7-9-20)32-27(34)23(30)16-21-11-13-22(36-4)14-12-21/h5-9,11-14,19,23-25H,10,15-18,30H2,1-4H3,(H,31,35)(H,32,34)/t23-,24-,25-,29+/m0/s1. The average molecular weight is 510 g/mol. The minimum atomic E-state index is -0.890. The highest BCUT2D eigenvalue weighted by atomic mass is 16.6. The van der Waals surface area contributed by atoms with E-state index in [-0.39, 0.29) is 12.2 Å². The number of carbonyl (C=O) groups is 3. The second-order valence-electron chi connectivity index (χ2n) is 10.3. The molecular weight excluding hydrogens is 470 g/mol. The molecule has 3 rings (SSSR count). The van der Waals surface area contributed by atoms with Gasteiger partial charge in [-0.25, -0.2) is 0 Å². The van der Waals surface area contributed by atoms with Crippen molar-refractivity contribution in [2.75, 3.05) is 13.7 Å². The van der Waals surface area contributed by atoms with E-state index in [1.54, 1.807) is 14.0 Å². The van der Waals surface area contributed by atoms with Crippen molar-refractivity contribution in [2.24, 2.45) is 11.7 Å². The van der Waals surface area contributed by atoms with E-state index in [1.165, 1.54) is 0 Å². The molecule has 1 aliphatic rings. The van der Waals surface area contributed by atoms with Crippen LogP contribution in [-0.2, 0) is 32.0 Å². The highest BCUT2D eigenvalue weighted by Gasteiger charge is 2.50. The van der Waals surface area contributed by atoms with Crippen LogP contribution in [0, 0.1) is 5.92 Å². The molecule has 200 valence electrons. The third-order valence-electron chi connectivity index (χ3n) is 6.63. The van der Waals surface area contributed by atoms with Gasteiger partial charge in [-0.2, -0.15) is 0 Å². The fraction of sp³-hybridized carbons (Fsp3) is 0.483. The quantitative estimate of drug-likeness (QED) is 0.337. The van der Waals surface area contributed by atoms with E-state index in [9.17, 15) is 14.4 Å². The van der Waals surface area contributed by atoms with E-state index in [4.69, 9.17) is 15.2 Å². The van der Waals surface area contributed by atoms with Crippen LogP contribution in [0.1, 0.15) is 44.7 Å². The van der Waals surface area contributed by atoms with E-state index >= 15 is 0 Å². The summed E-state index contributed by atoms with van der Waals surface area (Å²) in [6.45, 7) is 6.23. The molecule has 0 bridgehead atoms. The smallest absolute Gasteiger partial charge is 0.243 e. The van der Waals surface area contributed by atoms with Crippen molar-refractivity contribution in [1.82, 2.24) is 10.6 Å². The molecule has 8 heteroatoms. The zero-order valence-electron chi connectivity index (χ0n) is 22.2. The van der Waals surface area contributed by atoms with Gasteiger partial charge in [0.15, 0.2) is 5.78 Å². The number of hydrogen-bond donors (Lipinski definition) is 3. The Morgan fingerprint density at radius 3 is 2.08 bits per heavy atom. The molecule has 2 aromatic rings. The first-order valence-electron chi connectivity index (χ1n) is 12.8. The van der Waals surface area contributed by atoms with Crippen molar-refractivity contribution in [3.63, 3.8) is 0 Å². The topological polar surface area (TPSA) is 123 Å². The largest absolute Gasteiger partial charge is 0.497 e. The zero-order chi connectivity index (χ0) is 27.0. The van der Waals surface area contributed by atoms with Crippen molar-refractivity contribution in [1.29, 1.82) is 0 Å². The molecule has 0 aromatic heterocycles. The molecule has 37 heavy (non-hydrogen) atoms. The number of nitrogens with one attached hydrogen (secondary N) is 2. The van der Waals surface area contributed by atoms with Crippen molar-refractivity contribution >= 4 is 17.6 Å². The van der Waals surface area contributed by atoms with Crippen molar-refractivity contribution in [2.45, 2.75) is 70.2 Å². The van der Waals surface area contributed by atoms with Gasteiger partial charge in [0.25, 0.3) is 0 Å². The van der Waals surface area contributed by atoms with E-state index in [1.807, 2.05) is 54.6 Å². The van der Waals surface area contributed by atoms with Crippen LogP contribution in [0.15, 0.2) is 54.6 Å². The van der Waals surface area contributed by atoms with E-state index in [2.05, 4.69) is 24.5 Å². The number of epoxide rings is 1. The van der Waals surface area contributed by atoms with Crippen LogP contribution in [0.2, 0.25) is 0 Å². The summed E-state index contributed by atoms with van der Waals surface area (Å²) < 4.78 is 10.5. The average Bonchev–Trinajstić information content (AvgIpc) is 3.64. The van der Waals surface area contributed by atoms with Crippen LogP contribution >= 0.6 is 0 Å². The number of rotatable bonds is 14. The molecule has 4 N–H and O–H groups in total. The lowest BCUT2D eigenvalue weighted by molar-refractivity contribution is -0.133. The minimum absolute atomic E-state index is 0.137. The Bertz CT molecular complexity index is 1050. The highest BCUT2D eigenvalue weighted by molar-refractivity contribution is 5.98. The first-order chi connectivity index (χ1) is 17.6. The Morgan fingerprint density at radius 2 is 1.51 bits per heavy atom. The number of benzene rings is 2. The maximum Gasteiger partial charge on any atom is 0.243 e. The third kappa shape index (κ3) is 8.40. The first kappa shape index (κ1) is 28.3. The van der Waals surface area contributed by atoms with Gasteiger partial charge in [0.05, 0.1) is 25.8 Å². The summed E-state index contributed by atoms with van der Waals surface area (Å²) in [5, 5.41) is 5.74. The zero-order valence-corrected chi connectivity index (χ0v) is 22.2. The van der Waals surface area contributed by atoms with Gasteiger partial charge in [-0.3, -0.25) is 14.4 Å². The van der Waals surface area contributed by atoms with Crippen LogP contribution in [0.5, 0.6) is 5.75 Å². The predicted octanol–water partition coefficient (Wildman–Crippen LogP) is 2.57. The van der Waals surface area contributed by atoms with Gasteiger partial charge in [-0.05, 0) is 55.4 Å². The van der Waals surface area contributed by atoms with Gasteiger partial charge in [0.2, 0.25) is 11.8 Å². The molecule has 1 heterocycles. The van der Waals surface area contributed by atoms with Gasteiger partial charge in [0, 0.05) is 6.42 Å². The van der Waals surface area contributed by atoms with Crippen LogP contribution < -0.4 is 21.1 Å². The number of ether oxygens (including phenoxy) is 2. The molecule has 0 aliphatic carbocycles. The van der Waals surface area contributed by atoms with Crippen LogP contribution in [0.25, 0.3) is 0 Å². The Kier molecular flexibility index (Phi) is 9.83. The number of amides is 2. The van der Waals surface area contributed by atoms with Gasteiger partial charge in [0.1, 0.15) is 17.4 Å². The summed E-state index contributed by atoms with van der Waals surface area (Å²) in [5.74, 6) is 0.0986. The normalized spacial score (nSPS) is 19.0. The van der Waals surface area contributed by atoms with Crippen molar-refractivity contribution < 1.29 is 23.9 Å². The van der Waals surface area contributed by atoms with Gasteiger partial charge in [-0.15, -0.1) is 0 Å². The highest BCUT2D eigenvalue weighted by Crippen LogP contribution is 2.29. The van der Waals surface area contributed by atoms with Gasteiger partial charge < -0.3 is 25.8 Å². The van der Waals surface area contributed by atoms with Crippen molar-refractivity contribution in [3.05, 3.63) is 65.7 Å². The molecule has 1 saturated heterocycles. The summed E-state index contributed by atoms with van der Waals surface area (Å²) >= 11 is 0. The number of Topliss-reactive ketones (excluding diaryl/α,β-unsaturated/α-hetero) is 1. The molecule has 2 amide bonds. The fourth-order valence-electron chi connectivity index (χ4n) is 4.11. The summed E-state index contributed by atoms with van der Waals surface area (Å²) in [7, 11) is 1.59. The second-order valence-corrected chi connectivity index (χ2v) is 10.3. The van der Waals surface area contributed by atoms with Crippen LogP contribution in [0.4, 0.5) is 0 Å². The minimum Gasteiger partial charge on any atom is -0.497 e. The second kappa shape index (κ2) is 12.8. The summed E-state index contributed by atoms with van der Waals surface area (Å²) in [6.07, 6.45) is 1.85. The monoisotopic (exact) mass is 509 g/mol. The molecule has 0 spiro atoms. The Labute approximate surface area is 219 Å². The number of hydrogen-bond acceptors (Lipinski definition) is 6. The Morgan fingerprint density at radius 1 is 0.919 bits per heavy atom. The first-order valence-corrected chi connectivity index (χ1v) is 12.8. The summed E-state index contributed by atoms with van der Waals surface area (Å²) in [6, 6.07) is 14.3. The SMILES string of the molecule is COc1ccc(C[C@H](N)C(=O)N[C@@H](Cc2ccccc2)C(=O)N[C@@H](CCC(C)C)C(=O)[C@@]2(C)CO2)cc1. The van der Waals surface area contributed by atoms with Crippen LogP contribution in [-0.4, -0.2) is 55.0 Å². The van der Waals surface area contributed by atoms with Crippen LogP contribution in [0.3, 0.4) is 0 Å². The third-order valence-corrected chi connectivity index (χ3v) is 6.63. The maximum absolute atomic E-state index is 13.5. The lowest BCUT2D eigenvalue weighted by Crippen LogP contribution is -2.56. The Hall–Kier alpha value is -3.23. The fourth-order valence-corrected chi connectivity index (χ4v) is 4.11. The molecule has 1 aliphatic heterocycles. The lowest BCUT2D eigenvalue weighted by Gasteiger charge is -2.25. The van der Waals surface area contributed by atoms with E-state index < -0.39 is 35.5 Å². The molecule has 0 unspecified atom stereocenters. The molecule has 1 fully saturated rings.